The minimum Gasteiger partial charge on any atom is -0.748 e. The summed E-state index contributed by atoms with van der Waals surface area (Å²) in [4.78, 5) is 0. The van der Waals surface area contributed by atoms with E-state index in [4.69, 9.17) is 0 Å². The third-order valence-electron chi connectivity index (χ3n) is 5.61. The van der Waals surface area contributed by atoms with Crippen molar-refractivity contribution < 1.29 is 17.1 Å². The third-order valence-corrected chi connectivity index (χ3v) is 5.61. The topological polar surface area (TPSA) is 0 Å². The molecule has 0 radical (unpaired) electrons. The molecule has 0 saturated heterocycles. The largest absolute Gasteiger partial charge is 0.748 e. The first-order valence-electron chi connectivity index (χ1n) is 12.3. The van der Waals surface area contributed by atoms with Crippen molar-refractivity contribution in [3.05, 3.63) is 60.2 Å². The molecule has 2 aromatic carbocycles. The Morgan fingerprint density at radius 1 is 0.483 bits per heavy atom. The van der Waals surface area contributed by atoms with E-state index in [-0.39, 0.29) is 17.1 Å². The Labute approximate surface area is 193 Å². The molecule has 0 aliphatic heterocycles. The summed E-state index contributed by atoms with van der Waals surface area (Å²) in [6, 6.07) is 18.8. The molecule has 0 atom stereocenters. The van der Waals surface area contributed by atoms with Crippen LogP contribution in [0.3, 0.4) is 0 Å². The van der Waals surface area contributed by atoms with Gasteiger partial charge in [0.1, 0.15) is 0 Å². The molecule has 0 amide bonds. The molecule has 0 N–H and O–H groups in total. The minimum atomic E-state index is 0. The van der Waals surface area contributed by atoms with Gasteiger partial charge >= 0.3 is 0 Å². The number of unbranched alkanes of at least 4 members (excludes halogenated alkanes) is 15. The van der Waals surface area contributed by atoms with Crippen LogP contribution in [-0.2, 0) is 23.5 Å². The van der Waals surface area contributed by atoms with Crippen LogP contribution in [0.25, 0.3) is 0 Å². The van der Waals surface area contributed by atoms with Gasteiger partial charge in [0.15, 0.2) is 0 Å². The molecular formula is C28H46Fe-6. The van der Waals surface area contributed by atoms with Crippen molar-refractivity contribution in [2.45, 2.75) is 116 Å². The predicted octanol–water partition coefficient (Wildman–Crippen LogP) is 9.61. The molecule has 29 heavy (non-hydrogen) atoms. The van der Waals surface area contributed by atoms with Crippen molar-refractivity contribution in [3.8, 4) is 0 Å². The number of hydrogen-bond donors (Lipinski definition) is 0. The summed E-state index contributed by atoms with van der Waals surface area (Å²) in [6.45, 7) is 2.30. The SMILES string of the molecule is CCCCCCCCCCCCCCCCCC[c-]1cccc1.[Fe].[cH-]1[cH-][cH-][cH-][cH-]1. The zero-order chi connectivity index (χ0) is 20.0. The summed E-state index contributed by atoms with van der Waals surface area (Å²) < 4.78 is 0. The van der Waals surface area contributed by atoms with Crippen LogP contribution in [0.1, 0.15) is 115 Å². The predicted molar refractivity (Wildman–Crippen MR) is 127 cm³/mol. The summed E-state index contributed by atoms with van der Waals surface area (Å²) in [5, 5.41) is 0. The molecule has 0 saturated carbocycles. The second-order valence-electron chi connectivity index (χ2n) is 8.31. The number of aryl methyl sites for hydroxylation is 1. The summed E-state index contributed by atoms with van der Waals surface area (Å²) >= 11 is 0. The molecular weight excluding hydrogens is 392 g/mol. The average Bonchev–Trinajstić information content (AvgIpc) is 3.44. The normalized spacial score (nSPS) is 10.2. The van der Waals surface area contributed by atoms with Crippen molar-refractivity contribution in [1.29, 1.82) is 0 Å². The fourth-order valence-electron chi connectivity index (χ4n) is 3.78. The van der Waals surface area contributed by atoms with Gasteiger partial charge in [-0.3, -0.25) is 0 Å². The molecule has 0 aliphatic carbocycles. The Hall–Kier alpha value is -0.781. The van der Waals surface area contributed by atoms with Gasteiger partial charge in [-0.25, -0.2) is 12.1 Å². The van der Waals surface area contributed by atoms with E-state index in [2.05, 4.69) is 31.2 Å². The molecule has 2 aromatic rings. The van der Waals surface area contributed by atoms with Gasteiger partial charge < -0.3 is 30.3 Å². The second-order valence-corrected chi connectivity index (χ2v) is 8.31. The monoisotopic (exact) mass is 438 g/mol. The summed E-state index contributed by atoms with van der Waals surface area (Å²) in [5.41, 5.74) is 1.52. The van der Waals surface area contributed by atoms with Crippen molar-refractivity contribution in [3.63, 3.8) is 0 Å². The van der Waals surface area contributed by atoms with Gasteiger partial charge in [0, 0.05) is 17.1 Å². The van der Waals surface area contributed by atoms with Crippen LogP contribution < -0.4 is 0 Å². The van der Waals surface area contributed by atoms with Crippen LogP contribution >= 0.6 is 0 Å². The number of hydrogen-bond acceptors (Lipinski definition) is 0. The van der Waals surface area contributed by atoms with Crippen LogP contribution in [0.2, 0.25) is 0 Å². The summed E-state index contributed by atoms with van der Waals surface area (Å²) in [7, 11) is 0. The maximum Gasteiger partial charge on any atom is 0 e. The van der Waals surface area contributed by atoms with Crippen molar-refractivity contribution in [2.75, 3.05) is 0 Å². The van der Waals surface area contributed by atoms with Crippen molar-refractivity contribution >= 4 is 0 Å². The molecule has 0 bridgehead atoms. The standard InChI is InChI=1S/C23H41.C5H5.Fe/c1-2-3-4-5-6-7-8-9-10-11-12-13-14-15-16-17-20-23-21-18-19-22-23;1-2-4-5-3-1;/h18-19,21-22H,2-17,20H2,1H3;1-5H;/q-1;-5;. The smallest absolute Gasteiger partial charge is 0 e. The Morgan fingerprint density at radius 2 is 0.793 bits per heavy atom. The van der Waals surface area contributed by atoms with Crippen LogP contribution in [-0.4, -0.2) is 0 Å². The molecule has 0 aromatic heterocycles. The molecule has 172 valence electrons. The van der Waals surface area contributed by atoms with Crippen molar-refractivity contribution in [1.82, 2.24) is 0 Å². The Bertz CT molecular complexity index is 451. The molecule has 0 spiro atoms. The van der Waals surface area contributed by atoms with E-state index in [1.807, 2.05) is 30.3 Å². The zero-order valence-corrected chi connectivity index (χ0v) is 20.2. The van der Waals surface area contributed by atoms with Crippen LogP contribution in [0.5, 0.6) is 0 Å². The van der Waals surface area contributed by atoms with E-state index in [1.165, 1.54) is 115 Å². The van der Waals surface area contributed by atoms with Gasteiger partial charge in [0.2, 0.25) is 0 Å². The molecule has 0 unspecified atom stereocenters. The molecule has 0 aliphatic rings. The van der Waals surface area contributed by atoms with Crippen molar-refractivity contribution in [2.24, 2.45) is 0 Å². The summed E-state index contributed by atoms with van der Waals surface area (Å²) in [5.74, 6) is 0. The summed E-state index contributed by atoms with van der Waals surface area (Å²) in [6.07, 6.45) is 24.5. The van der Waals surface area contributed by atoms with E-state index >= 15 is 0 Å². The molecule has 0 fully saturated rings. The maximum atomic E-state index is 2.30. The van der Waals surface area contributed by atoms with Gasteiger partial charge in [-0.2, -0.15) is 17.7 Å². The average molecular weight is 439 g/mol. The third kappa shape index (κ3) is 20.3. The van der Waals surface area contributed by atoms with E-state index in [1.54, 1.807) is 0 Å². The number of rotatable bonds is 17. The first-order valence-corrected chi connectivity index (χ1v) is 12.3. The molecule has 0 nitrogen and oxygen atoms in total. The van der Waals surface area contributed by atoms with Gasteiger partial charge in [0.25, 0.3) is 0 Å². The van der Waals surface area contributed by atoms with Gasteiger partial charge in [-0.15, -0.1) is 0 Å². The molecule has 0 heterocycles. The Kier molecular flexibility index (Phi) is 22.9. The molecule has 1 heteroatoms. The first-order chi connectivity index (χ1) is 13.9. The van der Waals surface area contributed by atoms with Gasteiger partial charge in [-0.05, 0) is 0 Å². The van der Waals surface area contributed by atoms with Gasteiger partial charge in [0.05, 0.1) is 0 Å². The fourth-order valence-corrected chi connectivity index (χ4v) is 3.78. The first kappa shape index (κ1) is 28.2. The van der Waals surface area contributed by atoms with Crippen LogP contribution in [0.15, 0.2) is 54.6 Å². The minimum absolute atomic E-state index is 0. The van der Waals surface area contributed by atoms with E-state index in [9.17, 15) is 0 Å². The van der Waals surface area contributed by atoms with E-state index in [0.29, 0.717) is 0 Å². The van der Waals surface area contributed by atoms with E-state index in [0.717, 1.165) is 0 Å². The van der Waals surface area contributed by atoms with E-state index < -0.39 is 0 Å². The Morgan fingerprint density at radius 3 is 1.14 bits per heavy atom. The maximum absolute atomic E-state index is 2.30. The Balaban J connectivity index is 0.00000113. The van der Waals surface area contributed by atoms with Crippen LogP contribution in [0, 0.1) is 0 Å². The van der Waals surface area contributed by atoms with Crippen LogP contribution in [0.4, 0.5) is 0 Å². The van der Waals surface area contributed by atoms with Gasteiger partial charge in [-0.1, -0.05) is 116 Å². The fraction of sp³-hybridized carbons (Fsp3) is 0.643. The molecule has 2 rings (SSSR count). The zero-order valence-electron chi connectivity index (χ0n) is 19.1. The second kappa shape index (κ2) is 23.5. The quantitative estimate of drug-likeness (QED) is 0.131.